The fraction of sp³-hybridized carbons (Fsp3) is 0.0952. The molecule has 0 bridgehead atoms. The van der Waals surface area contributed by atoms with E-state index in [1.807, 2.05) is 36.4 Å². The number of nitrogens with zero attached hydrogens (tertiary/aromatic N) is 3. The maximum atomic E-state index is 13.5. The third-order valence-corrected chi connectivity index (χ3v) is 6.02. The first kappa shape index (κ1) is 18.1. The van der Waals surface area contributed by atoms with Crippen LogP contribution in [-0.2, 0) is 6.54 Å². The summed E-state index contributed by atoms with van der Waals surface area (Å²) in [6, 6.07) is 16.7. The summed E-state index contributed by atoms with van der Waals surface area (Å²) < 4.78 is 12.8. The largest absolute Gasteiger partial charge is 0.454 e. The Labute approximate surface area is 178 Å². The minimum atomic E-state index is -0.174. The summed E-state index contributed by atoms with van der Waals surface area (Å²) in [7, 11) is 0. The van der Waals surface area contributed by atoms with E-state index < -0.39 is 0 Å². The SMILES string of the molecule is O=C(c1ccc2c(c1)OCO2)N(Cc1ccccn1)c1nc2ccc(Br)cc2s1. The molecule has 0 radical (unpaired) electrons. The quantitative estimate of drug-likeness (QED) is 0.421. The minimum absolute atomic E-state index is 0.164. The lowest BCUT2D eigenvalue weighted by Crippen LogP contribution is -2.30. The number of hydrogen-bond acceptors (Lipinski definition) is 6. The van der Waals surface area contributed by atoms with Crippen LogP contribution < -0.4 is 14.4 Å². The van der Waals surface area contributed by atoms with Crippen LogP contribution in [0.1, 0.15) is 16.1 Å². The molecule has 1 amide bonds. The molecule has 144 valence electrons. The zero-order valence-corrected chi connectivity index (χ0v) is 17.4. The normalized spacial score (nSPS) is 12.3. The summed E-state index contributed by atoms with van der Waals surface area (Å²) in [6.07, 6.45) is 1.72. The molecule has 0 atom stereocenters. The molecule has 1 aliphatic rings. The first-order valence-corrected chi connectivity index (χ1v) is 10.5. The van der Waals surface area contributed by atoms with Crippen molar-refractivity contribution in [1.29, 1.82) is 0 Å². The third kappa shape index (κ3) is 3.56. The fourth-order valence-corrected chi connectivity index (χ4v) is 4.58. The topological polar surface area (TPSA) is 64.6 Å². The number of carbonyl (C=O) groups is 1. The number of aromatic nitrogens is 2. The van der Waals surface area contributed by atoms with Gasteiger partial charge in [0.15, 0.2) is 16.6 Å². The number of hydrogen-bond donors (Lipinski definition) is 0. The Morgan fingerprint density at radius 3 is 2.86 bits per heavy atom. The number of fused-ring (bicyclic) bond motifs is 2. The van der Waals surface area contributed by atoms with Crippen molar-refractivity contribution in [2.24, 2.45) is 0 Å². The van der Waals surface area contributed by atoms with E-state index in [9.17, 15) is 4.79 Å². The summed E-state index contributed by atoms with van der Waals surface area (Å²) in [5.74, 6) is 1.04. The summed E-state index contributed by atoms with van der Waals surface area (Å²) in [5.41, 5.74) is 2.13. The molecule has 0 aliphatic carbocycles. The van der Waals surface area contributed by atoms with Crippen molar-refractivity contribution >= 4 is 48.5 Å². The Kier molecular flexibility index (Phi) is 4.65. The minimum Gasteiger partial charge on any atom is -0.454 e. The van der Waals surface area contributed by atoms with Gasteiger partial charge in [0.05, 0.1) is 22.5 Å². The molecule has 2 aromatic carbocycles. The molecule has 0 saturated carbocycles. The highest BCUT2D eigenvalue weighted by atomic mass is 79.9. The summed E-state index contributed by atoms with van der Waals surface area (Å²) in [4.78, 5) is 24.2. The van der Waals surface area contributed by atoms with E-state index in [0.717, 1.165) is 20.4 Å². The van der Waals surface area contributed by atoms with Crippen LogP contribution >= 0.6 is 27.3 Å². The van der Waals surface area contributed by atoms with Crippen LogP contribution in [0.25, 0.3) is 10.2 Å². The second-order valence-electron chi connectivity index (χ2n) is 6.39. The van der Waals surface area contributed by atoms with Gasteiger partial charge in [-0.2, -0.15) is 0 Å². The standard InChI is InChI=1S/C21H14BrN3O3S/c22-14-5-6-16-19(10-14)29-21(24-16)25(11-15-3-1-2-8-23-15)20(26)13-4-7-17-18(9-13)28-12-27-17/h1-10H,11-12H2. The molecule has 2 aromatic heterocycles. The summed E-state index contributed by atoms with van der Waals surface area (Å²) in [5, 5.41) is 0.617. The summed E-state index contributed by atoms with van der Waals surface area (Å²) >= 11 is 4.96. The molecule has 0 unspecified atom stereocenters. The Morgan fingerprint density at radius 2 is 2.00 bits per heavy atom. The Morgan fingerprint density at radius 1 is 1.10 bits per heavy atom. The number of ether oxygens (including phenoxy) is 2. The smallest absolute Gasteiger partial charge is 0.260 e. The second-order valence-corrected chi connectivity index (χ2v) is 8.31. The average molecular weight is 468 g/mol. The lowest BCUT2D eigenvalue weighted by Gasteiger charge is -2.19. The first-order valence-electron chi connectivity index (χ1n) is 8.85. The Balaban J connectivity index is 1.56. The fourth-order valence-electron chi connectivity index (χ4n) is 3.07. The van der Waals surface area contributed by atoms with Crippen LogP contribution in [0, 0.1) is 0 Å². The molecule has 29 heavy (non-hydrogen) atoms. The van der Waals surface area contributed by atoms with Gasteiger partial charge in [0.1, 0.15) is 0 Å². The van der Waals surface area contributed by atoms with E-state index in [1.54, 1.807) is 29.3 Å². The van der Waals surface area contributed by atoms with Gasteiger partial charge in [0.2, 0.25) is 6.79 Å². The molecule has 8 heteroatoms. The van der Waals surface area contributed by atoms with E-state index in [0.29, 0.717) is 28.7 Å². The van der Waals surface area contributed by atoms with Crippen LogP contribution in [0.15, 0.2) is 65.3 Å². The average Bonchev–Trinajstić information content (AvgIpc) is 3.38. The third-order valence-electron chi connectivity index (χ3n) is 4.48. The molecular weight excluding hydrogens is 454 g/mol. The van der Waals surface area contributed by atoms with Gasteiger partial charge in [-0.25, -0.2) is 4.98 Å². The van der Waals surface area contributed by atoms with Crippen LogP contribution in [0.3, 0.4) is 0 Å². The Bertz CT molecular complexity index is 1210. The highest BCUT2D eigenvalue weighted by Crippen LogP contribution is 2.35. The number of benzene rings is 2. The van der Waals surface area contributed by atoms with Crippen molar-refractivity contribution < 1.29 is 14.3 Å². The zero-order valence-electron chi connectivity index (χ0n) is 15.0. The van der Waals surface area contributed by atoms with Gasteiger partial charge in [-0.3, -0.25) is 14.7 Å². The molecule has 0 saturated heterocycles. The van der Waals surface area contributed by atoms with Gasteiger partial charge in [-0.1, -0.05) is 33.3 Å². The zero-order chi connectivity index (χ0) is 19.8. The number of thiazole rings is 1. The molecule has 4 aromatic rings. The van der Waals surface area contributed by atoms with Crippen molar-refractivity contribution in [2.45, 2.75) is 6.54 Å². The molecule has 6 nitrogen and oxygen atoms in total. The van der Waals surface area contributed by atoms with E-state index in [4.69, 9.17) is 9.47 Å². The number of halogens is 1. The van der Waals surface area contributed by atoms with Crippen LogP contribution in [-0.4, -0.2) is 22.7 Å². The van der Waals surface area contributed by atoms with E-state index in [2.05, 4.69) is 25.9 Å². The molecule has 1 aliphatic heterocycles. The van der Waals surface area contributed by atoms with E-state index in [1.165, 1.54) is 11.3 Å². The predicted octanol–water partition coefficient (Wildman–Crippen LogP) is 5.03. The van der Waals surface area contributed by atoms with Gasteiger partial charge in [-0.15, -0.1) is 0 Å². The van der Waals surface area contributed by atoms with Crippen LogP contribution in [0.2, 0.25) is 0 Å². The van der Waals surface area contributed by atoms with Crippen LogP contribution in [0.5, 0.6) is 11.5 Å². The molecule has 0 fully saturated rings. The maximum Gasteiger partial charge on any atom is 0.260 e. The van der Waals surface area contributed by atoms with E-state index >= 15 is 0 Å². The van der Waals surface area contributed by atoms with Crippen molar-refractivity contribution in [3.8, 4) is 11.5 Å². The number of rotatable bonds is 4. The first-order chi connectivity index (χ1) is 14.2. The van der Waals surface area contributed by atoms with Crippen molar-refractivity contribution in [3.63, 3.8) is 0 Å². The second kappa shape index (κ2) is 7.46. The molecule has 5 rings (SSSR count). The monoisotopic (exact) mass is 467 g/mol. The highest BCUT2D eigenvalue weighted by molar-refractivity contribution is 9.10. The van der Waals surface area contributed by atoms with Gasteiger partial charge >= 0.3 is 0 Å². The van der Waals surface area contributed by atoms with Crippen LogP contribution in [0.4, 0.5) is 5.13 Å². The van der Waals surface area contributed by atoms with Gasteiger partial charge < -0.3 is 9.47 Å². The van der Waals surface area contributed by atoms with Crippen molar-refractivity contribution in [1.82, 2.24) is 9.97 Å². The summed E-state index contributed by atoms with van der Waals surface area (Å²) in [6.45, 7) is 0.479. The number of anilines is 1. The molecule has 3 heterocycles. The molecule has 0 spiro atoms. The maximum absolute atomic E-state index is 13.5. The van der Waals surface area contributed by atoms with Gasteiger partial charge in [-0.05, 0) is 48.5 Å². The molecular formula is C21H14BrN3O3S. The lowest BCUT2D eigenvalue weighted by molar-refractivity contribution is 0.0984. The number of pyridine rings is 1. The molecule has 0 N–H and O–H groups in total. The number of carbonyl (C=O) groups excluding carboxylic acids is 1. The van der Waals surface area contributed by atoms with Crippen molar-refractivity contribution in [3.05, 3.63) is 76.5 Å². The predicted molar refractivity (Wildman–Crippen MR) is 115 cm³/mol. The Hall–Kier alpha value is -2.97. The van der Waals surface area contributed by atoms with Gasteiger partial charge in [0.25, 0.3) is 5.91 Å². The number of amides is 1. The lowest BCUT2D eigenvalue weighted by atomic mass is 10.1. The highest BCUT2D eigenvalue weighted by Gasteiger charge is 2.24. The van der Waals surface area contributed by atoms with Crippen molar-refractivity contribution in [2.75, 3.05) is 11.7 Å². The van der Waals surface area contributed by atoms with Gasteiger partial charge in [0, 0.05) is 16.2 Å². The van der Waals surface area contributed by atoms with E-state index in [-0.39, 0.29) is 12.7 Å².